The number of aliphatic hydroxyl groups excluding tert-OH is 1. The second-order valence-corrected chi connectivity index (χ2v) is 13.2. The monoisotopic (exact) mass is 542 g/mol. The first-order chi connectivity index (χ1) is 17.9. The Balaban J connectivity index is 2.06. The SMILES string of the molecule is CCCCCCCCCCOC(=O)CCCCCCC1C(O)CCC1SCC(C)(O)CCCCCCC. The Bertz CT molecular complexity index is 539. The molecule has 0 aliphatic heterocycles. The number of esters is 1. The summed E-state index contributed by atoms with van der Waals surface area (Å²) in [5.74, 6) is 1.08. The smallest absolute Gasteiger partial charge is 0.305 e. The number of hydrogen-bond acceptors (Lipinski definition) is 5. The fraction of sp³-hybridized carbons (Fsp3) is 0.969. The van der Waals surface area contributed by atoms with Gasteiger partial charge in [0.2, 0.25) is 0 Å². The lowest BCUT2D eigenvalue weighted by molar-refractivity contribution is -0.143. The van der Waals surface area contributed by atoms with E-state index in [9.17, 15) is 15.0 Å². The predicted molar refractivity (Wildman–Crippen MR) is 160 cm³/mol. The van der Waals surface area contributed by atoms with Gasteiger partial charge >= 0.3 is 5.97 Å². The molecule has 37 heavy (non-hydrogen) atoms. The summed E-state index contributed by atoms with van der Waals surface area (Å²) in [7, 11) is 0. The maximum Gasteiger partial charge on any atom is 0.305 e. The zero-order valence-electron chi connectivity index (χ0n) is 24.8. The largest absolute Gasteiger partial charge is 0.466 e. The van der Waals surface area contributed by atoms with Crippen LogP contribution in [0.4, 0.5) is 0 Å². The highest BCUT2D eigenvalue weighted by Crippen LogP contribution is 2.40. The van der Waals surface area contributed by atoms with Crippen LogP contribution < -0.4 is 0 Å². The van der Waals surface area contributed by atoms with E-state index in [1.54, 1.807) is 0 Å². The number of hydrogen-bond donors (Lipinski definition) is 2. The van der Waals surface area contributed by atoms with E-state index in [0.717, 1.165) is 70.0 Å². The number of thioether (sulfide) groups is 1. The first kappa shape index (κ1) is 34.8. The highest BCUT2D eigenvalue weighted by atomic mass is 32.2. The standard InChI is InChI=1S/C32H62O4S/c1-4-6-8-10-11-12-16-20-26-36-31(34)22-18-14-13-17-21-28-29(33)23-24-30(28)37-27-32(3,35)25-19-15-9-7-5-2/h28-30,33,35H,4-27H2,1-3H3. The summed E-state index contributed by atoms with van der Waals surface area (Å²) in [6.45, 7) is 7.05. The van der Waals surface area contributed by atoms with Crippen LogP contribution in [0.3, 0.4) is 0 Å². The molecule has 0 aromatic rings. The molecule has 0 saturated heterocycles. The van der Waals surface area contributed by atoms with Crippen molar-refractivity contribution >= 4 is 17.7 Å². The number of carbonyl (C=O) groups excluding carboxylic acids is 1. The van der Waals surface area contributed by atoms with E-state index in [-0.39, 0.29) is 12.1 Å². The third-order valence-electron chi connectivity index (χ3n) is 8.08. The van der Waals surface area contributed by atoms with Crippen molar-refractivity contribution < 1.29 is 19.7 Å². The van der Waals surface area contributed by atoms with Crippen LogP contribution in [-0.4, -0.2) is 45.5 Å². The Morgan fingerprint density at radius 1 is 0.811 bits per heavy atom. The summed E-state index contributed by atoms with van der Waals surface area (Å²) in [6.07, 6.45) is 24.7. The molecule has 5 heteroatoms. The molecular weight excluding hydrogens is 480 g/mol. The summed E-state index contributed by atoms with van der Waals surface area (Å²) in [6, 6.07) is 0. The molecular formula is C32H62O4S. The summed E-state index contributed by atoms with van der Waals surface area (Å²) < 4.78 is 5.40. The molecule has 1 aliphatic carbocycles. The molecule has 0 heterocycles. The van der Waals surface area contributed by atoms with Crippen molar-refractivity contribution in [3.8, 4) is 0 Å². The third-order valence-corrected chi connectivity index (χ3v) is 9.88. The molecule has 1 saturated carbocycles. The van der Waals surface area contributed by atoms with Crippen molar-refractivity contribution in [2.24, 2.45) is 5.92 Å². The van der Waals surface area contributed by atoms with Crippen LogP contribution in [0.5, 0.6) is 0 Å². The van der Waals surface area contributed by atoms with E-state index in [1.807, 2.05) is 18.7 Å². The molecule has 0 spiro atoms. The minimum atomic E-state index is -0.599. The van der Waals surface area contributed by atoms with E-state index in [4.69, 9.17) is 4.74 Å². The molecule has 4 atom stereocenters. The first-order valence-corrected chi connectivity index (χ1v) is 17.1. The molecule has 0 amide bonds. The summed E-state index contributed by atoms with van der Waals surface area (Å²) in [4.78, 5) is 12.0. The molecule has 0 radical (unpaired) electrons. The summed E-state index contributed by atoms with van der Waals surface area (Å²) in [5, 5.41) is 21.8. The van der Waals surface area contributed by atoms with Crippen LogP contribution in [0, 0.1) is 5.92 Å². The van der Waals surface area contributed by atoms with Crippen molar-refractivity contribution in [1.29, 1.82) is 0 Å². The number of carbonyl (C=O) groups is 1. The Kier molecular flexibility index (Phi) is 21.2. The van der Waals surface area contributed by atoms with Gasteiger partial charge in [0.15, 0.2) is 0 Å². The second kappa shape index (κ2) is 22.5. The second-order valence-electron chi connectivity index (χ2n) is 12.0. The van der Waals surface area contributed by atoms with E-state index in [0.29, 0.717) is 24.2 Å². The lowest BCUT2D eigenvalue weighted by Gasteiger charge is -2.27. The highest BCUT2D eigenvalue weighted by Gasteiger charge is 2.36. The lowest BCUT2D eigenvalue weighted by atomic mass is 9.97. The van der Waals surface area contributed by atoms with Gasteiger partial charge in [-0.3, -0.25) is 4.79 Å². The molecule has 0 aromatic heterocycles. The van der Waals surface area contributed by atoms with Gasteiger partial charge in [-0.25, -0.2) is 0 Å². The minimum absolute atomic E-state index is 0.0389. The van der Waals surface area contributed by atoms with Gasteiger partial charge < -0.3 is 14.9 Å². The number of unbranched alkanes of at least 4 members (excludes halogenated alkanes) is 14. The first-order valence-electron chi connectivity index (χ1n) is 16.1. The van der Waals surface area contributed by atoms with E-state index >= 15 is 0 Å². The number of rotatable bonds is 25. The fourth-order valence-electron chi connectivity index (χ4n) is 5.56. The quantitative estimate of drug-likeness (QED) is 0.0890. The zero-order valence-corrected chi connectivity index (χ0v) is 25.6. The van der Waals surface area contributed by atoms with Gasteiger partial charge in [-0.05, 0) is 51.4 Å². The highest BCUT2D eigenvalue weighted by molar-refractivity contribution is 8.00. The number of aliphatic hydroxyl groups is 2. The molecule has 1 aliphatic rings. The van der Waals surface area contributed by atoms with Gasteiger partial charge in [0, 0.05) is 17.4 Å². The van der Waals surface area contributed by atoms with Crippen molar-refractivity contribution in [3.63, 3.8) is 0 Å². The number of ether oxygens (including phenoxy) is 1. The van der Waals surface area contributed by atoms with E-state index in [1.165, 1.54) is 70.6 Å². The Hall–Kier alpha value is -0.260. The molecule has 4 nitrogen and oxygen atoms in total. The van der Waals surface area contributed by atoms with Crippen LogP contribution in [0.25, 0.3) is 0 Å². The Labute approximate surface area is 234 Å². The van der Waals surface area contributed by atoms with Gasteiger partial charge in [-0.15, -0.1) is 0 Å². The van der Waals surface area contributed by atoms with Gasteiger partial charge in [-0.1, -0.05) is 110 Å². The van der Waals surface area contributed by atoms with Crippen LogP contribution >= 0.6 is 11.8 Å². The van der Waals surface area contributed by atoms with Gasteiger partial charge in [0.25, 0.3) is 0 Å². The van der Waals surface area contributed by atoms with Gasteiger partial charge in [0.05, 0.1) is 18.3 Å². The van der Waals surface area contributed by atoms with Crippen molar-refractivity contribution in [2.75, 3.05) is 12.4 Å². The Morgan fingerprint density at radius 3 is 2.05 bits per heavy atom. The molecule has 1 rings (SSSR count). The van der Waals surface area contributed by atoms with Gasteiger partial charge in [0.1, 0.15) is 0 Å². The third kappa shape index (κ3) is 18.6. The van der Waals surface area contributed by atoms with Crippen molar-refractivity contribution in [3.05, 3.63) is 0 Å². The zero-order chi connectivity index (χ0) is 27.2. The normalized spacial score (nSPS) is 21.3. The Morgan fingerprint density at radius 2 is 1.38 bits per heavy atom. The molecule has 0 bridgehead atoms. The van der Waals surface area contributed by atoms with E-state index < -0.39 is 5.60 Å². The average Bonchev–Trinajstić information content (AvgIpc) is 3.22. The maximum atomic E-state index is 12.0. The van der Waals surface area contributed by atoms with Crippen LogP contribution in [0.1, 0.15) is 162 Å². The molecule has 1 fully saturated rings. The van der Waals surface area contributed by atoms with Crippen LogP contribution in [0.2, 0.25) is 0 Å². The van der Waals surface area contributed by atoms with Gasteiger partial charge in [-0.2, -0.15) is 11.8 Å². The van der Waals surface area contributed by atoms with E-state index in [2.05, 4.69) is 13.8 Å². The summed E-state index contributed by atoms with van der Waals surface area (Å²) >= 11 is 1.89. The van der Waals surface area contributed by atoms with Crippen molar-refractivity contribution in [2.45, 2.75) is 179 Å². The minimum Gasteiger partial charge on any atom is -0.466 e. The molecule has 220 valence electrons. The van der Waals surface area contributed by atoms with Crippen molar-refractivity contribution in [1.82, 2.24) is 0 Å². The summed E-state index contributed by atoms with van der Waals surface area (Å²) in [5.41, 5.74) is -0.599. The lowest BCUT2D eigenvalue weighted by Crippen LogP contribution is -2.30. The molecule has 0 aromatic carbocycles. The molecule has 4 unspecified atom stereocenters. The topological polar surface area (TPSA) is 66.8 Å². The average molecular weight is 543 g/mol. The van der Waals surface area contributed by atoms with Crippen LogP contribution in [-0.2, 0) is 9.53 Å². The van der Waals surface area contributed by atoms with Crippen LogP contribution in [0.15, 0.2) is 0 Å². The predicted octanol–water partition coefficient (Wildman–Crippen LogP) is 9.00. The fourth-order valence-corrected chi connectivity index (χ4v) is 7.15. The maximum absolute atomic E-state index is 12.0. The molecule has 2 N–H and O–H groups in total.